The molecule has 0 radical (unpaired) electrons. The molecule has 0 unspecified atom stereocenters. The van der Waals surface area contributed by atoms with E-state index in [0.717, 1.165) is 55.6 Å². The van der Waals surface area contributed by atoms with E-state index in [-0.39, 0.29) is 0 Å². The van der Waals surface area contributed by atoms with Crippen LogP contribution in [0.3, 0.4) is 0 Å². The molecule has 0 atom stereocenters. The molecule has 0 saturated heterocycles. The molecule has 5 nitrogen and oxygen atoms in total. The largest absolute Gasteiger partial charge is 0.456 e. The molecule has 1 aliphatic rings. The summed E-state index contributed by atoms with van der Waals surface area (Å²) >= 11 is 0. The van der Waals surface area contributed by atoms with Gasteiger partial charge in [-0.1, -0.05) is 140 Å². The highest BCUT2D eigenvalue weighted by Gasteiger charge is 2.30. The van der Waals surface area contributed by atoms with Crippen LogP contribution in [0.5, 0.6) is 0 Å². The van der Waals surface area contributed by atoms with E-state index in [1.807, 2.05) is 36.4 Å². The molecule has 2 aromatic heterocycles. The van der Waals surface area contributed by atoms with E-state index in [1.54, 1.807) is 0 Å². The minimum atomic E-state index is 0.549. The lowest BCUT2D eigenvalue weighted by Crippen LogP contribution is -2.19. The summed E-state index contributed by atoms with van der Waals surface area (Å²) in [6.07, 6.45) is 0. The third-order valence-electron chi connectivity index (χ3n) is 10.2. The summed E-state index contributed by atoms with van der Waals surface area (Å²) in [4.78, 5) is 18.2. The quantitative estimate of drug-likeness (QED) is 0.187. The van der Waals surface area contributed by atoms with E-state index in [4.69, 9.17) is 19.4 Å². The maximum absolute atomic E-state index is 6.32. The van der Waals surface area contributed by atoms with Gasteiger partial charge in [0, 0.05) is 32.8 Å². The SMILES string of the molecule is c1ccc(-c2cccc(-c3nc(-c4cccc5oc6ccccc6c45)nc(N4c5ccc6ccccc6c5-c5cccc6cccc4c56)n3)c2)cc1. The van der Waals surface area contributed by atoms with Gasteiger partial charge in [0.05, 0.1) is 11.4 Å². The molecule has 0 fully saturated rings. The van der Waals surface area contributed by atoms with Gasteiger partial charge in [-0.15, -0.1) is 0 Å². The predicted octanol–water partition coefficient (Wildman–Crippen LogP) is 12.5. The van der Waals surface area contributed by atoms with Crippen LogP contribution in [0.4, 0.5) is 17.3 Å². The van der Waals surface area contributed by atoms with E-state index in [2.05, 4.69) is 138 Å². The molecule has 0 bridgehead atoms. The molecule has 0 saturated carbocycles. The molecular weight excluding hydrogens is 637 g/mol. The normalized spacial score (nSPS) is 12.2. The molecule has 3 heterocycles. The Morgan fingerprint density at radius 3 is 2.00 bits per heavy atom. The first-order valence-electron chi connectivity index (χ1n) is 17.5. The Hall–Kier alpha value is -7.11. The maximum atomic E-state index is 6.32. The van der Waals surface area contributed by atoms with Gasteiger partial charge in [0.25, 0.3) is 0 Å². The molecule has 10 aromatic rings. The first kappa shape index (κ1) is 28.7. The van der Waals surface area contributed by atoms with E-state index < -0.39 is 0 Å². The molecule has 8 aromatic carbocycles. The van der Waals surface area contributed by atoms with Crippen molar-refractivity contribution in [2.75, 3.05) is 4.90 Å². The van der Waals surface area contributed by atoms with Crippen LogP contribution in [-0.2, 0) is 0 Å². The van der Waals surface area contributed by atoms with Crippen molar-refractivity contribution in [1.82, 2.24) is 15.0 Å². The van der Waals surface area contributed by atoms with Crippen LogP contribution in [0.2, 0.25) is 0 Å². The zero-order valence-corrected chi connectivity index (χ0v) is 27.9. The monoisotopic (exact) mass is 664 g/mol. The van der Waals surface area contributed by atoms with Gasteiger partial charge in [0.2, 0.25) is 5.95 Å². The molecule has 0 N–H and O–H groups in total. The Morgan fingerprint density at radius 2 is 1.08 bits per heavy atom. The summed E-state index contributed by atoms with van der Waals surface area (Å²) in [6, 6.07) is 59.1. The fourth-order valence-electron chi connectivity index (χ4n) is 7.93. The van der Waals surface area contributed by atoms with Gasteiger partial charge < -0.3 is 4.42 Å². The number of hydrogen-bond donors (Lipinski definition) is 0. The lowest BCUT2D eigenvalue weighted by molar-refractivity contribution is 0.669. The first-order valence-corrected chi connectivity index (χ1v) is 17.5. The minimum absolute atomic E-state index is 0.549. The second kappa shape index (κ2) is 11.2. The molecule has 1 aliphatic heterocycles. The average Bonchev–Trinajstić information content (AvgIpc) is 3.60. The van der Waals surface area contributed by atoms with E-state index in [0.29, 0.717) is 17.6 Å². The van der Waals surface area contributed by atoms with Gasteiger partial charge in [-0.05, 0) is 63.2 Å². The lowest BCUT2D eigenvalue weighted by Gasteiger charge is -2.32. The van der Waals surface area contributed by atoms with Crippen molar-refractivity contribution in [3.8, 4) is 45.0 Å². The predicted molar refractivity (Wildman–Crippen MR) is 212 cm³/mol. The number of hydrogen-bond acceptors (Lipinski definition) is 5. The fourth-order valence-corrected chi connectivity index (χ4v) is 7.93. The van der Waals surface area contributed by atoms with Gasteiger partial charge in [0.1, 0.15) is 11.2 Å². The van der Waals surface area contributed by atoms with Gasteiger partial charge in [-0.2, -0.15) is 9.97 Å². The van der Waals surface area contributed by atoms with Crippen molar-refractivity contribution < 1.29 is 4.42 Å². The maximum Gasteiger partial charge on any atom is 0.238 e. The number of benzene rings is 8. The summed E-state index contributed by atoms with van der Waals surface area (Å²) in [5.74, 6) is 1.72. The second-order valence-electron chi connectivity index (χ2n) is 13.2. The van der Waals surface area contributed by atoms with Crippen LogP contribution in [-0.4, -0.2) is 15.0 Å². The van der Waals surface area contributed by atoms with E-state index in [9.17, 15) is 0 Å². The smallest absolute Gasteiger partial charge is 0.238 e. The van der Waals surface area contributed by atoms with Crippen molar-refractivity contribution in [3.05, 3.63) is 170 Å². The van der Waals surface area contributed by atoms with E-state index >= 15 is 0 Å². The molecule has 242 valence electrons. The fraction of sp³-hybridized carbons (Fsp3) is 0. The highest BCUT2D eigenvalue weighted by Crippen LogP contribution is 2.52. The third-order valence-corrected chi connectivity index (χ3v) is 10.2. The Morgan fingerprint density at radius 1 is 0.404 bits per heavy atom. The van der Waals surface area contributed by atoms with Crippen LogP contribution in [0.1, 0.15) is 0 Å². The van der Waals surface area contributed by atoms with Crippen LogP contribution < -0.4 is 4.90 Å². The topological polar surface area (TPSA) is 55.1 Å². The van der Waals surface area contributed by atoms with Crippen LogP contribution in [0, 0.1) is 0 Å². The van der Waals surface area contributed by atoms with Gasteiger partial charge in [0.15, 0.2) is 11.6 Å². The van der Waals surface area contributed by atoms with Gasteiger partial charge >= 0.3 is 0 Å². The zero-order valence-electron chi connectivity index (χ0n) is 27.9. The molecule has 5 heteroatoms. The number of furan rings is 1. The van der Waals surface area contributed by atoms with Crippen molar-refractivity contribution in [3.63, 3.8) is 0 Å². The lowest BCUT2D eigenvalue weighted by atomic mass is 9.88. The van der Waals surface area contributed by atoms with Crippen molar-refractivity contribution in [2.24, 2.45) is 0 Å². The number of para-hydroxylation sites is 1. The van der Waals surface area contributed by atoms with Crippen LogP contribution in [0.15, 0.2) is 174 Å². The summed E-state index contributed by atoms with van der Waals surface area (Å²) in [6.45, 7) is 0. The highest BCUT2D eigenvalue weighted by molar-refractivity contribution is 6.19. The van der Waals surface area contributed by atoms with Crippen LogP contribution >= 0.6 is 0 Å². The molecule has 0 amide bonds. The summed E-state index contributed by atoms with van der Waals surface area (Å²) in [5.41, 5.74) is 10.1. The summed E-state index contributed by atoms with van der Waals surface area (Å²) in [7, 11) is 0. The first-order chi connectivity index (χ1) is 25.8. The Balaban J connectivity index is 1.23. The van der Waals surface area contributed by atoms with Crippen molar-refractivity contribution >= 4 is 60.8 Å². The molecule has 52 heavy (non-hydrogen) atoms. The van der Waals surface area contributed by atoms with Gasteiger partial charge in [-0.25, -0.2) is 4.98 Å². The molecular formula is C47H28N4O. The number of fused-ring (bicyclic) bond motifs is 7. The number of aromatic nitrogens is 3. The molecule has 11 rings (SSSR count). The summed E-state index contributed by atoms with van der Waals surface area (Å²) in [5, 5.41) is 6.72. The third kappa shape index (κ3) is 4.33. The minimum Gasteiger partial charge on any atom is -0.456 e. The van der Waals surface area contributed by atoms with Crippen LogP contribution in [0.25, 0.3) is 88.5 Å². The Labute approximate surface area is 299 Å². The second-order valence-corrected chi connectivity index (χ2v) is 13.2. The number of anilines is 3. The summed E-state index contributed by atoms with van der Waals surface area (Å²) < 4.78 is 6.32. The average molecular weight is 665 g/mol. The number of nitrogens with zero attached hydrogens (tertiary/aromatic N) is 4. The Bertz CT molecular complexity index is 3030. The van der Waals surface area contributed by atoms with Crippen molar-refractivity contribution in [2.45, 2.75) is 0 Å². The Kier molecular flexibility index (Phi) is 6.18. The standard InChI is InChI=1S/C47H28N4O/c1-2-12-29(13-3-1)32-17-8-18-33(28-32)45-48-46(37-22-11-25-41-44(37)35-20-6-7-24-40(35)52-41)50-47(49-45)51-38-23-10-16-31-15-9-21-36(42(31)38)43-34-19-5-4-14-30(34)26-27-39(43)51/h1-28H. The molecule has 0 spiro atoms. The van der Waals surface area contributed by atoms with Gasteiger partial charge in [-0.3, -0.25) is 4.90 Å². The number of rotatable bonds is 4. The highest BCUT2D eigenvalue weighted by atomic mass is 16.3. The molecule has 0 aliphatic carbocycles. The van der Waals surface area contributed by atoms with Crippen molar-refractivity contribution in [1.29, 1.82) is 0 Å². The zero-order chi connectivity index (χ0) is 34.2. The van der Waals surface area contributed by atoms with E-state index in [1.165, 1.54) is 32.7 Å².